The number of benzene rings is 3. The smallest absolute Gasteiger partial charge is 0.362 e. The van der Waals surface area contributed by atoms with Crippen LogP contribution >= 0.6 is 23.2 Å². The fourth-order valence-electron chi connectivity index (χ4n) is 3.38. The van der Waals surface area contributed by atoms with Gasteiger partial charge in [-0.05, 0) is 53.6 Å². The van der Waals surface area contributed by atoms with Gasteiger partial charge in [0.25, 0.3) is 0 Å². The average Bonchev–Trinajstić information content (AvgIpc) is 3.20. The summed E-state index contributed by atoms with van der Waals surface area (Å²) in [7, 11) is 0. The molecule has 0 saturated heterocycles. The van der Waals surface area contributed by atoms with Crippen LogP contribution in [-0.2, 0) is 17.8 Å². The molecule has 0 aliphatic carbocycles. The summed E-state index contributed by atoms with van der Waals surface area (Å²) in [5.74, 6) is 0. The maximum absolute atomic E-state index is 6.41. The molecule has 0 atom stereocenters. The fourth-order valence-corrected chi connectivity index (χ4v) is 3.76. The van der Waals surface area contributed by atoms with E-state index in [0.29, 0.717) is 23.2 Å². The van der Waals surface area contributed by atoms with Gasteiger partial charge in [-0.2, -0.15) is 0 Å². The molecular formula is C24H22BCl2N3O. The van der Waals surface area contributed by atoms with Gasteiger partial charge in [0, 0.05) is 10.0 Å². The van der Waals surface area contributed by atoms with Gasteiger partial charge in [-0.3, -0.25) is 0 Å². The molecule has 0 fully saturated rings. The van der Waals surface area contributed by atoms with E-state index < -0.39 is 0 Å². The zero-order valence-electron chi connectivity index (χ0n) is 17.4. The van der Waals surface area contributed by atoms with E-state index in [1.807, 2.05) is 73.1 Å². The number of aryl methyl sites for hydroxylation is 2. The zero-order valence-corrected chi connectivity index (χ0v) is 18.9. The molecule has 3 aromatic carbocycles. The molecule has 0 radical (unpaired) electrons. The lowest BCUT2D eigenvalue weighted by atomic mass is 9.55. The van der Waals surface area contributed by atoms with Crippen LogP contribution in [0.4, 0.5) is 0 Å². The number of aromatic nitrogens is 3. The first-order valence-corrected chi connectivity index (χ1v) is 10.8. The van der Waals surface area contributed by atoms with Crippen molar-refractivity contribution in [1.29, 1.82) is 0 Å². The zero-order chi connectivity index (χ0) is 21.8. The predicted octanol–water partition coefficient (Wildman–Crippen LogP) is 4.57. The summed E-state index contributed by atoms with van der Waals surface area (Å²) in [6.07, 6.45) is 1.74. The SMILES string of the molecule is Cc1ccc(B(OCc2cnnn2Cc2ccccc2)c2ccc(C)c(Cl)c2)cc1Cl. The van der Waals surface area contributed by atoms with Gasteiger partial charge in [0.15, 0.2) is 0 Å². The minimum absolute atomic E-state index is 0.323. The highest BCUT2D eigenvalue weighted by atomic mass is 35.5. The van der Waals surface area contributed by atoms with E-state index in [2.05, 4.69) is 22.4 Å². The number of nitrogens with zero attached hydrogens (tertiary/aromatic N) is 3. The molecular weight excluding hydrogens is 428 g/mol. The van der Waals surface area contributed by atoms with E-state index in [0.717, 1.165) is 33.3 Å². The largest absolute Gasteiger partial charge is 0.421 e. The molecule has 0 unspecified atom stereocenters. The first-order chi connectivity index (χ1) is 15.0. The van der Waals surface area contributed by atoms with Crippen molar-refractivity contribution in [1.82, 2.24) is 15.0 Å². The maximum Gasteiger partial charge on any atom is 0.362 e. The van der Waals surface area contributed by atoms with E-state index in [9.17, 15) is 0 Å². The normalized spacial score (nSPS) is 11.0. The van der Waals surface area contributed by atoms with Gasteiger partial charge in [0.1, 0.15) is 0 Å². The first-order valence-electron chi connectivity index (χ1n) is 10.1. The highest BCUT2D eigenvalue weighted by Gasteiger charge is 2.24. The summed E-state index contributed by atoms with van der Waals surface area (Å²) in [4.78, 5) is 0. The van der Waals surface area contributed by atoms with Gasteiger partial charge in [0.05, 0.1) is 25.0 Å². The Morgan fingerprint density at radius 1 is 0.871 bits per heavy atom. The third-order valence-corrected chi connectivity index (χ3v) is 6.08. The standard InChI is InChI=1S/C24H22BCl2N3O/c1-17-8-10-20(12-23(17)26)25(21-11-9-18(2)24(27)13-21)31-16-22-14-28-29-30(22)15-19-6-4-3-5-7-19/h3-14H,15-16H2,1-2H3. The topological polar surface area (TPSA) is 39.9 Å². The van der Waals surface area contributed by atoms with Crippen LogP contribution in [0.3, 0.4) is 0 Å². The van der Waals surface area contributed by atoms with Crippen molar-refractivity contribution in [3.05, 3.63) is 105 Å². The van der Waals surface area contributed by atoms with Gasteiger partial charge in [-0.25, -0.2) is 4.68 Å². The summed E-state index contributed by atoms with van der Waals surface area (Å²) in [5.41, 5.74) is 6.04. The number of rotatable bonds is 7. The number of halogens is 2. The van der Waals surface area contributed by atoms with Crippen molar-refractivity contribution in [3.63, 3.8) is 0 Å². The van der Waals surface area contributed by atoms with Crippen LogP contribution in [0.1, 0.15) is 22.4 Å². The molecule has 0 aliphatic rings. The number of hydrogen-bond donors (Lipinski definition) is 0. The van der Waals surface area contributed by atoms with Crippen LogP contribution in [0.2, 0.25) is 10.0 Å². The minimum atomic E-state index is -0.323. The van der Waals surface area contributed by atoms with Crippen LogP contribution in [-0.4, -0.2) is 21.9 Å². The quantitative estimate of drug-likeness (QED) is 0.388. The third kappa shape index (κ3) is 5.19. The van der Waals surface area contributed by atoms with Crippen LogP contribution in [0.15, 0.2) is 72.9 Å². The van der Waals surface area contributed by atoms with Crippen molar-refractivity contribution in [3.8, 4) is 0 Å². The van der Waals surface area contributed by atoms with Gasteiger partial charge in [0.2, 0.25) is 0 Å². The van der Waals surface area contributed by atoms with Crippen molar-refractivity contribution in [2.45, 2.75) is 27.0 Å². The molecule has 0 amide bonds. The van der Waals surface area contributed by atoms with Crippen molar-refractivity contribution in [2.75, 3.05) is 0 Å². The van der Waals surface area contributed by atoms with Crippen molar-refractivity contribution >= 4 is 41.0 Å². The molecule has 0 bridgehead atoms. The molecule has 31 heavy (non-hydrogen) atoms. The van der Waals surface area contributed by atoms with Crippen LogP contribution in [0.25, 0.3) is 0 Å². The van der Waals surface area contributed by atoms with Crippen LogP contribution < -0.4 is 10.9 Å². The lowest BCUT2D eigenvalue weighted by Gasteiger charge is -2.17. The molecule has 0 aliphatic heterocycles. The predicted molar refractivity (Wildman–Crippen MR) is 128 cm³/mol. The third-order valence-electron chi connectivity index (χ3n) is 5.27. The van der Waals surface area contributed by atoms with Crippen molar-refractivity contribution in [2.24, 2.45) is 0 Å². The molecule has 4 nitrogen and oxygen atoms in total. The average molecular weight is 450 g/mol. The van der Waals surface area contributed by atoms with Gasteiger partial charge >= 0.3 is 6.92 Å². The monoisotopic (exact) mass is 449 g/mol. The van der Waals surface area contributed by atoms with E-state index in [1.54, 1.807) is 6.20 Å². The second-order valence-electron chi connectivity index (χ2n) is 7.58. The summed E-state index contributed by atoms with van der Waals surface area (Å²) in [5, 5.41) is 9.73. The first kappa shape index (κ1) is 21.6. The van der Waals surface area contributed by atoms with E-state index in [4.69, 9.17) is 27.9 Å². The maximum atomic E-state index is 6.41. The second-order valence-corrected chi connectivity index (χ2v) is 8.39. The summed E-state index contributed by atoms with van der Waals surface area (Å²) in [6.45, 7) is 4.63. The molecule has 156 valence electrons. The fraction of sp³-hybridized carbons (Fsp3) is 0.167. The lowest BCUT2D eigenvalue weighted by Crippen LogP contribution is -2.45. The highest BCUT2D eigenvalue weighted by molar-refractivity contribution is 6.80. The Balaban J connectivity index is 1.61. The molecule has 4 aromatic rings. The van der Waals surface area contributed by atoms with Crippen molar-refractivity contribution < 1.29 is 4.65 Å². The summed E-state index contributed by atoms with van der Waals surface area (Å²) >= 11 is 12.8. The van der Waals surface area contributed by atoms with E-state index in [1.165, 1.54) is 0 Å². The molecule has 4 rings (SSSR count). The Morgan fingerprint density at radius 2 is 1.48 bits per heavy atom. The molecule has 0 N–H and O–H groups in total. The lowest BCUT2D eigenvalue weighted by molar-refractivity contribution is 0.307. The van der Waals surface area contributed by atoms with Crippen LogP contribution in [0, 0.1) is 13.8 Å². The second kappa shape index (κ2) is 9.69. The number of hydrogen-bond acceptors (Lipinski definition) is 3. The molecule has 7 heteroatoms. The van der Waals surface area contributed by atoms with E-state index in [-0.39, 0.29) is 6.92 Å². The Hall–Kier alpha value is -2.60. The summed E-state index contributed by atoms with van der Waals surface area (Å²) in [6, 6.07) is 22.2. The summed E-state index contributed by atoms with van der Waals surface area (Å²) < 4.78 is 8.27. The Kier molecular flexibility index (Phi) is 6.76. The molecule has 0 spiro atoms. The Bertz CT molecular complexity index is 1130. The van der Waals surface area contributed by atoms with Gasteiger partial charge in [-0.1, -0.05) is 83.0 Å². The van der Waals surface area contributed by atoms with E-state index >= 15 is 0 Å². The van der Waals surface area contributed by atoms with Gasteiger partial charge < -0.3 is 4.65 Å². The minimum Gasteiger partial charge on any atom is -0.421 e. The van der Waals surface area contributed by atoms with Gasteiger partial charge in [-0.15, -0.1) is 5.10 Å². The Morgan fingerprint density at radius 3 is 2.06 bits per heavy atom. The highest BCUT2D eigenvalue weighted by Crippen LogP contribution is 2.16. The van der Waals surface area contributed by atoms with Crippen LogP contribution in [0.5, 0.6) is 0 Å². The molecule has 1 aromatic heterocycles. The Labute approximate surface area is 192 Å². The molecule has 1 heterocycles. The molecule has 0 saturated carbocycles.